The third-order valence-corrected chi connectivity index (χ3v) is 4.22. The Morgan fingerprint density at radius 3 is 2.21 bits per heavy atom. The van der Waals surface area contributed by atoms with Gasteiger partial charge in [-0.2, -0.15) is 13.2 Å². The second-order valence-corrected chi connectivity index (χ2v) is 7.53. The molecule has 29 heavy (non-hydrogen) atoms. The number of alkyl halides is 3. The minimum atomic E-state index is -4.64. The van der Waals surface area contributed by atoms with Gasteiger partial charge in [-0.05, 0) is 26.8 Å². The van der Waals surface area contributed by atoms with Gasteiger partial charge in [0.25, 0.3) is 5.91 Å². The Bertz CT molecular complexity index is 756. The van der Waals surface area contributed by atoms with Crippen LogP contribution >= 0.6 is 0 Å². The molecule has 0 bridgehead atoms. The topological polar surface area (TPSA) is 75.2 Å². The van der Waals surface area contributed by atoms with Crippen LogP contribution in [0.4, 0.5) is 23.8 Å². The number of nitrogens with zero attached hydrogens (tertiary/aromatic N) is 4. The summed E-state index contributed by atoms with van der Waals surface area (Å²) in [5, 5.41) is 0.831. The molecule has 0 aromatic carbocycles. The first kappa shape index (κ1) is 22.7. The molecule has 0 spiro atoms. The van der Waals surface area contributed by atoms with Crippen LogP contribution in [-0.4, -0.2) is 72.9 Å². The number of halogens is 3. The minimum Gasteiger partial charge on any atom is -0.444 e. The third-order valence-electron chi connectivity index (χ3n) is 4.22. The van der Waals surface area contributed by atoms with E-state index in [1.807, 2.05) is 0 Å². The van der Waals surface area contributed by atoms with Gasteiger partial charge in [-0.3, -0.25) is 9.63 Å². The highest BCUT2D eigenvalue weighted by molar-refractivity contribution is 5.98. The number of carbonyl (C=O) groups excluding carboxylic acids is 2. The Morgan fingerprint density at radius 1 is 1.14 bits per heavy atom. The number of piperazine rings is 1. The lowest BCUT2D eigenvalue weighted by molar-refractivity contribution is -0.137. The lowest BCUT2D eigenvalue weighted by Crippen LogP contribution is -2.50. The van der Waals surface area contributed by atoms with Gasteiger partial charge in [-0.1, -0.05) is 0 Å². The molecule has 0 unspecified atom stereocenters. The number of anilines is 1. The van der Waals surface area contributed by atoms with Crippen molar-refractivity contribution in [3.8, 4) is 0 Å². The van der Waals surface area contributed by atoms with Gasteiger partial charge in [0.05, 0.1) is 18.2 Å². The molecule has 0 N–H and O–H groups in total. The molecule has 2 amide bonds. The Labute approximate surface area is 167 Å². The van der Waals surface area contributed by atoms with Gasteiger partial charge in [0.15, 0.2) is 0 Å². The molecule has 1 aliphatic heterocycles. The van der Waals surface area contributed by atoms with Gasteiger partial charge >= 0.3 is 12.3 Å². The number of aromatic nitrogens is 1. The van der Waals surface area contributed by atoms with Crippen molar-refractivity contribution in [2.45, 2.75) is 32.5 Å². The molecule has 2 rings (SSSR count). The smallest absolute Gasteiger partial charge is 0.417 e. The number of amides is 2. The van der Waals surface area contributed by atoms with Crippen LogP contribution in [0, 0.1) is 0 Å². The molecule has 11 heteroatoms. The van der Waals surface area contributed by atoms with Gasteiger partial charge in [-0.15, -0.1) is 0 Å². The lowest BCUT2D eigenvalue weighted by atomic mass is 10.1. The second-order valence-electron chi connectivity index (χ2n) is 7.53. The number of ether oxygens (including phenoxy) is 1. The maximum absolute atomic E-state index is 13.1. The van der Waals surface area contributed by atoms with E-state index < -0.39 is 29.3 Å². The zero-order chi connectivity index (χ0) is 22.0. The first-order valence-corrected chi connectivity index (χ1v) is 8.96. The first-order valence-electron chi connectivity index (χ1n) is 8.96. The van der Waals surface area contributed by atoms with Gasteiger partial charge in [-0.25, -0.2) is 14.8 Å². The van der Waals surface area contributed by atoms with E-state index in [-0.39, 0.29) is 37.6 Å². The first-order chi connectivity index (χ1) is 13.3. The molecule has 8 nitrogen and oxygen atoms in total. The van der Waals surface area contributed by atoms with Crippen molar-refractivity contribution >= 4 is 17.8 Å². The van der Waals surface area contributed by atoms with E-state index in [4.69, 9.17) is 9.57 Å². The van der Waals surface area contributed by atoms with Crippen molar-refractivity contribution in [2.24, 2.45) is 0 Å². The Kier molecular flexibility index (Phi) is 6.61. The van der Waals surface area contributed by atoms with Crippen LogP contribution < -0.4 is 4.90 Å². The molecule has 1 saturated heterocycles. The van der Waals surface area contributed by atoms with E-state index in [0.29, 0.717) is 6.20 Å². The normalized spacial score (nSPS) is 15.3. The summed E-state index contributed by atoms with van der Waals surface area (Å²) in [5.41, 5.74) is -1.88. The molecule has 0 radical (unpaired) electrons. The number of carbonyl (C=O) groups is 2. The van der Waals surface area contributed by atoms with Gasteiger partial charge in [0.2, 0.25) is 0 Å². The van der Waals surface area contributed by atoms with E-state index in [1.54, 1.807) is 25.7 Å². The van der Waals surface area contributed by atoms with Crippen molar-refractivity contribution in [3.05, 3.63) is 23.4 Å². The molecule has 1 fully saturated rings. The van der Waals surface area contributed by atoms with Crippen LogP contribution in [0.15, 0.2) is 12.3 Å². The van der Waals surface area contributed by atoms with Crippen molar-refractivity contribution in [2.75, 3.05) is 45.2 Å². The predicted octanol–water partition coefficient (Wildman–Crippen LogP) is 2.79. The molecule has 1 aromatic rings. The van der Waals surface area contributed by atoms with Crippen molar-refractivity contribution in [3.63, 3.8) is 0 Å². The number of hydroxylamine groups is 2. The number of hydrogen-bond acceptors (Lipinski definition) is 6. The molecule has 0 aliphatic carbocycles. The predicted molar refractivity (Wildman–Crippen MR) is 98.4 cm³/mol. The average molecular weight is 418 g/mol. The van der Waals surface area contributed by atoms with E-state index in [0.717, 1.165) is 11.1 Å². The fraction of sp³-hybridized carbons (Fsp3) is 0.611. The van der Waals surface area contributed by atoms with Crippen molar-refractivity contribution in [1.29, 1.82) is 0 Å². The zero-order valence-electron chi connectivity index (χ0n) is 17.0. The summed E-state index contributed by atoms with van der Waals surface area (Å²) >= 11 is 0. The van der Waals surface area contributed by atoms with Crippen LogP contribution in [0.3, 0.4) is 0 Å². The Morgan fingerprint density at radius 2 is 1.72 bits per heavy atom. The quantitative estimate of drug-likeness (QED) is 0.703. The summed E-state index contributed by atoms with van der Waals surface area (Å²) in [6.07, 6.45) is -4.41. The molecular weight excluding hydrogens is 393 g/mol. The fourth-order valence-corrected chi connectivity index (χ4v) is 2.70. The standard InChI is InChI=1S/C18H25F3N4O4/c1-17(2,3)29-16(27)25-8-6-24(7-9-25)14-13(15(26)23(4)28-5)10-12(11-22-14)18(19,20)21/h10-11H,6-9H2,1-5H3. The molecule has 1 aliphatic rings. The highest BCUT2D eigenvalue weighted by Gasteiger charge is 2.35. The van der Waals surface area contributed by atoms with Gasteiger partial charge in [0.1, 0.15) is 11.4 Å². The van der Waals surface area contributed by atoms with E-state index in [9.17, 15) is 22.8 Å². The van der Waals surface area contributed by atoms with Crippen LogP contribution in [0.2, 0.25) is 0 Å². The van der Waals surface area contributed by atoms with Crippen LogP contribution in [0.5, 0.6) is 0 Å². The number of hydrogen-bond donors (Lipinski definition) is 0. The molecule has 1 aromatic heterocycles. The second kappa shape index (κ2) is 8.44. The van der Waals surface area contributed by atoms with E-state index in [2.05, 4.69) is 4.98 Å². The fourth-order valence-electron chi connectivity index (χ4n) is 2.70. The van der Waals surface area contributed by atoms with Gasteiger partial charge < -0.3 is 14.5 Å². The molecule has 162 valence electrons. The Balaban J connectivity index is 2.24. The van der Waals surface area contributed by atoms with Gasteiger partial charge in [0, 0.05) is 39.4 Å². The average Bonchev–Trinajstić information content (AvgIpc) is 2.64. The molecule has 0 atom stereocenters. The largest absolute Gasteiger partial charge is 0.444 e. The zero-order valence-corrected chi connectivity index (χ0v) is 17.0. The summed E-state index contributed by atoms with van der Waals surface area (Å²) in [4.78, 5) is 36.6. The Hall–Kier alpha value is -2.56. The van der Waals surface area contributed by atoms with Crippen LogP contribution in [0.1, 0.15) is 36.7 Å². The third kappa shape index (κ3) is 5.72. The SMILES string of the molecule is CON(C)C(=O)c1cc(C(F)(F)F)cnc1N1CCN(C(=O)OC(C)(C)C)CC1. The summed E-state index contributed by atoms with van der Waals surface area (Å²) in [6, 6.07) is 0.764. The minimum absolute atomic E-state index is 0.107. The van der Waals surface area contributed by atoms with Crippen LogP contribution in [0.25, 0.3) is 0 Å². The summed E-state index contributed by atoms with van der Waals surface area (Å²) in [5.74, 6) is -0.647. The highest BCUT2D eigenvalue weighted by atomic mass is 19.4. The van der Waals surface area contributed by atoms with Crippen LogP contribution in [-0.2, 0) is 15.8 Å². The molecule has 0 saturated carbocycles. The van der Waals surface area contributed by atoms with Crippen molar-refractivity contribution < 1.29 is 32.3 Å². The molecule has 2 heterocycles. The number of pyridine rings is 1. The van der Waals surface area contributed by atoms with E-state index >= 15 is 0 Å². The maximum Gasteiger partial charge on any atom is 0.417 e. The van der Waals surface area contributed by atoms with Crippen molar-refractivity contribution in [1.82, 2.24) is 14.9 Å². The summed E-state index contributed by atoms with van der Waals surface area (Å²) in [7, 11) is 2.53. The summed E-state index contributed by atoms with van der Waals surface area (Å²) in [6.45, 7) is 6.42. The molecular formula is C18H25F3N4O4. The maximum atomic E-state index is 13.1. The summed E-state index contributed by atoms with van der Waals surface area (Å²) < 4.78 is 44.6. The van der Waals surface area contributed by atoms with E-state index in [1.165, 1.54) is 19.1 Å². The highest BCUT2D eigenvalue weighted by Crippen LogP contribution is 2.32. The monoisotopic (exact) mass is 418 g/mol. The number of rotatable bonds is 3. The lowest BCUT2D eigenvalue weighted by Gasteiger charge is -2.36.